The number of benzene rings is 1. The van der Waals surface area contributed by atoms with Crippen molar-refractivity contribution in [1.29, 1.82) is 0 Å². The molecule has 1 amide bonds. The summed E-state index contributed by atoms with van der Waals surface area (Å²) >= 11 is 0. The quantitative estimate of drug-likeness (QED) is 0.763. The SMILES string of the molecule is CCN(C1CCS(=O)(=O)C1)S(=O)(=O)c1ccc2c(c1)CCC(=O)N2C. The van der Waals surface area contributed by atoms with Crippen molar-refractivity contribution >= 4 is 31.5 Å². The van der Waals surface area contributed by atoms with E-state index in [4.69, 9.17) is 0 Å². The van der Waals surface area contributed by atoms with Gasteiger partial charge in [0.25, 0.3) is 0 Å². The first kappa shape index (κ1) is 18.3. The Labute approximate surface area is 148 Å². The predicted octanol–water partition coefficient (Wildman–Crippen LogP) is 0.793. The van der Waals surface area contributed by atoms with Crippen LogP contribution in [0, 0.1) is 0 Å². The molecule has 0 saturated carbocycles. The largest absolute Gasteiger partial charge is 0.315 e. The van der Waals surface area contributed by atoms with Crippen LogP contribution in [0.3, 0.4) is 0 Å². The monoisotopic (exact) mass is 386 g/mol. The molecule has 0 bridgehead atoms. The van der Waals surface area contributed by atoms with Crippen molar-refractivity contribution in [2.45, 2.75) is 37.1 Å². The molecule has 9 heteroatoms. The summed E-state index contributed by atoms with van der Waals surface area (Å²) in [5.74, 6) is -0.0855. The van der Waals surface area contributed by atoms with E-state index in [-0.39, 0.29) is 28.9 Å². The number of hydrogen-bond acceptors (Lipinski definition) is 5. The van der Waals surface area contributed by atoms with Gasteiger partial charge >= 0.3 is 0 Å². The normalized spacial score (nSPS) is 23.1. The van der Waals surface area contributed by atoms with Gasteiger partial charge in [-0.2, -0.15) is 4.31 Å². The van der Waals surface area contributed by atoms with E-state index in [9.17, 15) is 21.6 Å². The molecule has 0 N–H and O–H groups in total. The Balaban J connectivity index is 1.95. The molecule has 0 radical (unpaired) electrons. The minimum Gasteiger partial charge on any atom is -0.315 e. The van der Waals surface area contributed by atoms with Gasteiger partial charge in [0.2, 0.25) is 15.9 Å². The van der Waals surface area contributed by atoms with Crippen molar-refractivity contribution in [3.63, 3.8) is 0 Å². The predicted molar refractivity (Wildman–Crippen MR) is 94.8 cm³/mol. The number of nitrogens with zero attached hydrogens (tertiary/aromatic N) is 2. The number of aryl methyl sites for hydroxylation is 1. The topological polar surface area (TPSA) is 91.8 Å². The maximum atomic E-state index is 13.0. The van der Waals surface area contributed by atoms with E-state index in [1.54, 1.807) is 26.1 Å². The highest BCUT2D eigenvalue weighted by molar-refractivity contribution is 7.92. The first-order chi connectivity index (χ1) is 11.7. The van der Waals surface area contributed by atoms with Gasteiger partial charge in [-0.25, -0.2) is 16.8 Å². The number of amides is 1. The van der Waals surface area contributed by atoms with Crippen molar-refractivity contribution < 1.29 is 21.6 Å². The van der Waals surface area contributed by atoms with Crippen LogP contribution in [0.2, 0.25) is 0 Å². The Kier molecular flexibility index (Phi) is 4.67. The zero-order valence-corrected chi connectivity index (χ0v) is 15.9. The number of anilines is 1. The minimum atomic E-state index is -3.78. The molecule has 3 rings (SSSR count). The van der Waals surface area contributed by atoms with E-state index in [1.807, 2.05) is 0 Å². The van der Waals surface area contributed by atoms with Crippen molar-refractivity contribution in [2.75, 3.05) is 30.0 Å². The van der Waals surface area contributed by atoms with Gasteiger partial charge in [0.05, 0.1) is 16.4 Å². The van der Waals surface area contributed by atoms with Crippen molar-refractivity contribution in [2.24, 2.45) is 0 Å². The average Bonchev–Trinajstić information content (AvgIpc) is 2.90. The van der Waals surface area contributed by atoms with Crippen molar-refractivity contribution in [1.82, 2.24) is 4.31 Å². The Hall–Kier alpha value is -1.45. The fourth-order valence-electron chi connectivity index (χ4n) is 3.56. The second-order valence-electron chi connectivity index (χ2n) is 6.51. The van der Waals surface area contributed by atoms with E-state index in [0.717, 1.165) is 11.3 Å². The zero-order valence-electron chi connectivity index (χ0n) is 14.3. The molecule has 25 heavy (non-hydrogen) atoms. The van der Waals surface area contributed by atoms with Crippen LogP contribution < -0.4 is 4.90 Å². The molecule has 2 aliphatic rings. The van der Waals surface area contributed by atoms with Crippen molar-refractivity contribution in [3.05, 3.63) is 23.8 Å². The van der Waals surface area contributed by atoms with Crippen LogP contribution in [0.15, 0.2) is 23.1 Å². The number of hydrogen-bond donors (Lipinski definition) is 0. The molecule has 1 unspecified atom stereocenters. The standard InChI is InChI=1S/C16H22N2O5S2/c1-3-18(13-8-9-24(20,21)11-13)25(22,23)14-5-6-15-12(10-14)4-7-16(19)17(15)2/h5-6,10,13H,3-4,7-9,11H2,1-2H3. The Morgan fingerprint density at radius 1 is 1.28 bits per heavy atom. The zero-order chi connectivity index (χ0) is 18.4. The molecule has 1 aromatic carbocycles. The highest BCUT2D eigenvalue weighted by Gasteiger charge is 2.38. The van der Waals surface area contributed by atoms with Crippen LogP contribution in [0.5, 0.6) is 0 Å². The van der Waals surface area contributed by atoms with Gasteiger partial charge in [0, 0.05) is 31.7 Å². The Bertz CT molecular complexity index is 908. The fourth-order valence-corrected chi connectivity index (χ4v) is 7.10. The molecule has 1 atom stereocenters. The molecule has 1 aromatic rings. The third kappa shape index (κ3) is 3.32. The summed E-state index contributed by atoms with van der Waals surface area (Å²) < 4.78 is 50.8. The minimum absolute atomic E-state index is 0.00875. The Morgan fingerprint density at radius 2 is 2.00 bits per heavy atom. The van der Waals surface area contributed by atoms with Gasteiger partial charge < -0.3 is 4.90 Å². The summed E-state index contributed by atoms with van der Waals surface area (Å²) in [4.78, 5) is 13.5. The van der Waals surface area contributed by atoms with Crippen LogP contribution in [-0.2, 0) is 31.1 Å². The summed E-state index contributed by atoms with van der Waals surface area (Å²) in [5, 5.41) is 0. The van der Waals surface area contributed by atoms with Crippen LogP contribution >= 0.6 is 0 Å². The maximum Gasteiger partial charge on any atom is 0.243 e. The summed E-state index contributed by atoms with van der Waals surface area (Å²) in [7, 11) is -5.28. The summed E-state index contributed by atoms with van der Waals surface area (Å²) in [6, 6.07) is 4.24. The van der Waals surface area contributed by atoms with Crippen LogP contribution in [0.25, 0.3) is 0 Å². The molecule has 1 fully saturated rings. The summed E-state index contributed by atoms with van der Waals surface area (Å²) in [5.41, 5.74) is 1.54. The second-order valence-corrected chi connectivity index (χ2v) is 10.6. The van der Waals surface area contributed by atoms with Gasteiger partial charge in [0.1, 0.15) is 0 Å². The molecule has 1 saturated heterocycles. The number of sulfone groups is 1. The van der Waals surface area contributed by atoms with E-state index >= 15 is 0 Å². The van der Waals surface area contributed by atoms with Crippen LogP contribution in [0.1, 0.15) is 25.3 Å². The summed E-state index contributed by atoms with van der Waals surface area (Å²) in [6.45, 7) is 1.94. The smallest absolute Gasteiger partial charge is 0.243 e. The molecule has 2 aliphatic heterocycles. The first-order valence-corrected chi connectivity index (χ1v) is 11.5. The average molecular weight is 386 g/mol. The van der Waals surface area contributed by atoms with E-state index in [0.29, 0.717) is 19.3 Å². The van der Waals surface area contributed by atoms with E-state index in [1.165, 1.54) is 15.3 Å². The summed E-state index contributed by atoms with van der Waals surface area (Å²) in [6.07, 6.45) is 1.19. The third-order valence-electron chi connectivity index (χ3n) is 4.93. The molecule has 0 aliphatic carbocycles. The van der Waals surface area contributed by atoms with Gasteiger partial charge in [-0.1, -0.05) is 6.92 Å². The lowest BCUT2D eigenvalue weighted by Gasteiger charge is -2.28. The lowest BCUT2D eigenvalue weighted by Crippen LogP contribution is -2.41. The van der Waals surface area contributed by atoms with Crippen LogP contribution in [-0.4, -0.2) is 58.2 Å². The molecule has 0 aromatic heterocycles. The number of fused-ring (bicyclic) bond motifs is 1. The van der Waals surface area contributed by atoms with Gasteiger partial charge in [0.15, 0.2) is 9.84 Å². The fraction of sp³-hybridized carbons (Fsp3) is 0.562. The first-order valence-electron chi connectivity index (χ1n) is 8.27. The van der Waals surface area contributed by atoms with E-state index in [2.05, 4.69) is 0 Å². The van der Waals surface area contributed by atoms with Crippen LogP contribution in [0.4, 0.5) is 5.69 Å². The highest BCUT2D eigenvalue weighted by atomic mass is 32.2. The third-order valence-corrected chi connectivity index (χ3v) is 8.70. The van der Waals surface area contributed by atoms with E-state index < -0.39 is 25.9 Å². The van der Waals surface area contributed by atoms with Gasteiger partial charge in [-0.3, -0.25) is 4.79 Å². The van der Waals surface area contributed by atoms with Gasteiger partial charge in [-0.15, -0.1) is 0 Å². The molecular formula is C16H22N2O5S2. The second kappa shape index (κ2) is 6.37. The number of carbonyl (C=O) groups excluding carboxylic acids is 1. The number of rotatable bonds is 4. The Morgan fingerprint density at radius 3 is 2.60 bits per heavy atom. The molecule has 138 valence electrons. The molecular weight excluding hydrogens is 364 g/mol. The molecule has 2 heterocycles. The number of carbonyl (C=O) groups is 1. The molecule has 0 spiro atoms. The lowest BCUT2D eigenvalue weighted by atomic mass is 10.0. The van der Waals surface area contributed by atoms with Crippen molar-refractivity contribution in [3.8, 4) is 0 Å². The maximum absolute atomic E-state index is 13.0. The van der Waals surface area contributed by atoms with Gasteiger partial charge in [-0.05, 0) is 36.6 Å². The molecule has 7 nitrogen and oxygen atoms in total. The highest BCUT2D eigenvalue weighted by Crippen LogP contribution is 2.31. The lowest BCUT2D eigenvalue weighted by molar-refractivity contribution is -0.118. The number of sulfonamides is 1.